The van der Waals surface area contributed by atoms with Crippen molar-refractivity contribution in [3.8, 4) is 0 Å². The van der Waals surface area contributed by atoms with Crippen molar-refractivity contribution in [1.82, 2.24) is 9.21 Å². The maximum absolute atomic E-state index is 13.4. The Morgan fingerprint density at radius 3 is 2.50 bits per heavy atom. The molecule has 0 N–H and O–H groups in total. The Kier molecular flexibility index (Phi) is 6.55. The number of benzene rings is 1. The second-order valence-corrected chi connectivity index (χ2v) is 11.5. The first-order chi connectivity index (χ1) is 14.4. The lowest BCUT2D eigenvalue weighted by Gasteiger charge is -2.32. The summed E-state index contributed by atoms with van der Waals surface area (Å²) in [5.41, 5.74) is 1.00. The number of amides is 1. The SMILES string of the molecule is O=C(Cc1ccc(S(=O)(=O)N2CCCC2)s1)N1CCC(Cc2cccc(F)c2)CC1. The lowest BCUT2D eigenvalue weighted by atomic mass is 9.90. The first-order valence-electron chi connectivity index (χ1n) is 10.5. The molecule has 2 aliphatic rings. The quantitative estimate of drug-likeness (QED) is 0.674. The number of thiophene rings is 1. The lowest BCUT2D eigenvalue weighted by molar-refractivity contribution is -0.131. The van der Waals surface area contributed by atoms with Crippen LogP contribution in [0.5, 0.6) is 0 Å². The second kappa shape index (κ2) is 9.16. The number of rotatable bonds is 6. The molecule has 5 nitrogen and oxygen atoms in total. The number of sulfonamides is 1. The van der Waals surface area contributed by atoms with Gasteiger partial charge in [0.2, 0.25) is 5.91 Å². The molecule has 1 amide bonds. The molecule has 2 saturated heterocycles. The number of halogens is 1. The normalized spacial score (nSPS) is 18.8. The van der Waals surface area contributed by atoms with Crippen molar-refractivity contribution < 1.29 is 17.6 Å². The van der Waals surface area contributed by atoms with Gasteiger partial charge in [-0.15, -0.1) is 11.3 Å². The first-order valence-corrected chi connectivity index (χ1v) is 12.8. The van der Waals surface area contributed by atoms with Gasteiger partial charge in [-0.25, -0.2) is 12.8 Å². The Labute approximate surface area is 181 Å². The molecule has 0 radical (unpaired) electrons. The summed E-state index contributed by atoms with van der Waals surface area (Å²) in [6.45, 7) is 2.56. The maximum Gasteiger partial charge on any atom is 0.252 e. The minimum atomic E-state index is -3.42. The average Bonchev–Trinajstić information content (AvgIpc) is 3.41. The smallest absolute Gasteiger partial charge is 0.252 e. The highest BCUT2D eigenvalue weighted by atomic mass is 32.2. The van der Waals surface area contributed by atoms with E-state index in [1.165, 1.54) is 21.7 Å². The molecule has 0 bridgehead atoms. The Hall–Kier alpha value is -1.77. The van der Waals surface area contributed by atoms with Gasteiger partial charge in [0.15, 0.2) is 0 Å². The van der Waals surface area contributed by atoms with Crippen LogP contribution in [-0.4, -0.2) is 49.7 Å². The fourth-order valence-corrected chi connectivity index (χ4v) is 7.31. The van der Waals surface area contributed by atoms with Crippen molar-refractivity contribution in [3.63, 3.8) is 0 Å². The zero-order valence-electron chi connectivity index (χ0n) is 16.9. The number of nitrogens with zero attached hydrogens (tertiary/aromatic N) is 2. The van der Waals surface area contributed by atoms with Crippen LogP contribution in [0.4, 0.5) is 4.39 Å². The predicted octanol–water partition coefficient (Wildman–Crippen LogP) is 3.70. The molecule has 0 spiro atoms. The Bertz CT molecular complexity index is 991. The minimum absolute atomic E-state index is 0.0474. The van der Waals surface area contributed by atoms with E-state index in [4.69, 9.17) is 0 Å². The van der Waals surface area contributed by atoms with Crippen LogP contribution in [0.25, 0.3) is 0 Å². The van der Waals surface area contributed by atoms with E-state index in [9.17, 15) is 17.6 Å². The third kappa shape index (κ3) is 4.92. The van der Waals surface area contributed by atoms with Crippen LogP contribution in [0.1, 0.15) is 36.1 Å². The van der Waals surface area contributed by atoms with Crippen molar-refractivity contribution >= 4 is 27.3 Å². The molecule has 30 heavy (non-hydrogen) atoms. The van der Waals surface area contributed by atoms with Gasteiger partial charge >= 0.3 is 0 Å². The van der Waals surface area contributed by atoms with E-state index < -0.39 is 10.0 Å². The molecular formula is C22H27FN2O3S2. The summed E-state index contributed by atoms with van der Waals surface area (Å²) in [5, 5.41) is 0. The van der Waals surface area contributed by atoms with Gasteiger partial charge in [-0.05, 0) is 67.9 Å². The van der Waals surface area contributed by atoms with Crippen molar-refractivity contribution in [2.24, 2.45) is 5.92 Å². The van der Waals surface area contributed by atoms with Gasteiger partial charge in [0.05, 0.1) is 6.42 Å². The predicted molar refractivity (Wildman–Crippen MR) is 115 cm³/mol. The molecule has 0 unspecified atom stereocenters. The molecule has 162 valence electrons. The third-order valence-corrected chi connectivity index (χ3v) is 9.45. The van der Waals surface area contributed by atoms with Crippen LogP contribution < -0.4 is 0 Å². The second-order valence-electron chi connectivity index (χ2n) is 8.17. The summed E-state index contributed by atoms with van der Waals surface area (Å²) >= 11 is 1.21. The Morgan fingerprint density at radius 1 is 1.07 bits per heavy atom. The van der Waals surface area contributed by atoms with Gasteiger partial charge in [0.1, 0.15) is 10.0 Å². The Morgan fingerprint density at radius 2 is 1.80 bits per heavy atom. The van der Waals surface area contributed by atoms with Crippen LogP contribution in [0.3, 0.4) is 0 Å². The van der Waals surface area contributed by atoms with Gasteiger partial charge < -0.3 is 4.90 Å². The van der Waals surface area contributed by atoms with E-state index >= 15 is 0 Å². The topological polar surface area (TPSA) is 57.7 Å². The number of likely N-dealkylation sites (tertiary alicyclic amines) is 1. The lowest BCUT2D eigenvalue weighted by Crippen LogP contribution is -2.39. The van der Waals surface area contributed by atoms with Gasteiger partial charge in [0, 0.05) is 31.1 Å². The molecule has 4 rings (SSSR count). The fraction of sp³-hybridized carbons (Fsp3) is 0.500. The highest BCUT2D eigenvalue weighted by Gasteiger charge is 2.29. The number of carbonyl (C=O) groups excluding carboxylic acids is 1. The van der Waals surface area contributed by atoms with Crippen molar-refractivity contribution in [2.75, 3.05) is 26.2 Å². The number of hydrogen-bond donors (Lipinski definition) is 0. The molecule has 0 atom stereocenters. The zero-order chi connectivity index (χ0) is 21.1. The van der Waals surface area contributed by atoms with E-state index in [1.807, 2.05) is 11.0 Å². The van der Waals surface area contributed by atoms with Crippen LogP contribution in [0, 0.1) is 11.7 Å². The highest BCUT2D eigenvalue weighted by Crippen LogP contribution is 2.28. The van der Waals surface area contributed by atoms with Crippen molar-refractivity contribution in [1.29, 1.82) is 0 Å². The molecule has 0 aliphatic carbocycles. The van der Waals surface area contributed by atoms with Crippen LogP contribution >= 0.6 is 11.3 Å². The summed E-state index contributed by atoms with van der Waals surface area (Å²) in [4.78, 5) is 15.4. The van der Waals surface area contributed by atoms with Crippen LogP contribution in [0.15, 0.2) is 40.6 Å². The van der Waals surface area contributed by atoms with Gasteiger partial charge in [-0.3, -0.25) is 4.79 Å². The number of carbonyl (C=O) groups is 1. The largest absolute Gasteiger partial charge is 0.342 e. The zero-order valence-corrected chi connectivity index (χ0v) is 18.6. The van der Waals surface area contributed by atoms with Gasteiger partial charge in [-0.2, -0.15) is 4.31 Å². The molecule has 2 aliphatic heterocycles. The first kappa shape index (κ1) is 21.5. The molecule has 2 aromatic rings. The van der Waals surface area contributed by atoms with Crippen LogP contribution in [0.2, 0.25) is 0 Å². The van der Waals surface area contributed by atoms with E-state index in [-0.39, 0.29) is 18.1 Å². The number of hydrogen-bond acceptors (Lipinski definition) is 4. The van der Waals surface area contributed by atoms with E-state index in [0.717, 1.165) is 42.5 Å². The minimum Gasteiger partial charge on any atom is -0.342 e. The summed E-state index contributed by atoms with van der Waals surface area (Å²) in [6.07, 6.45) is 4.70. The summed E-state index contributed by atoms with van der Waals surface area (Å²) in [6, 6.07) is 10.1. The monoisotopic (exact) mass is 450 g/mol. The molecule has 2 fully saturated rings. The fourth-order valence-electron chi connectivity index (χ4n) is 4.29. The van der Waals surface area contributed by atoms with E-state index in [1.54, 1.807) is 24.3 Å². The summed E-state index contributed by atoms with van der Waals surface area (Å²) in [7, 11) is -3.42. The van der Waals surface area contributed by atoms with Gasteiger partial charge in [-0.1, -0.05) is 12.1 Å². The van der Waals surface area contributed by atoms with E-state index in [0.29, 0.717) is 36.3 Å². The summed E-state index contributed by atoms with van der Waals surface area (Å²) < 4.78 is 40.6. The van der Waals surface area contributed by atoms with Crippen molar-refractivity contribution in [2.45, 2.75) is 42.7 Å². The standard InChI is InChI=1S/C22H27FN2O3S2/c23-19-5-3-4-18(15-19)14-17-8-12-24(13-9-17)21(26)16-20-6-7-22(29-20)30(27,28)25-10-1-2-11-25/h3-7,15,17H,1-2,8-14,16H2. The average molecular weight is 451 g/mol. The maximum atomic E-state index is 13.4. The van der Waals surface area contributed by atoms with Gasteiger partial charge in [0.25, 0.3) is 10.0 Å². The molecule has 0 saturated carbocycles. The number of piperidine rings is 1. The Balaban J connectivity index is 1.29. The molecule has 1 aromatic heterocycles. The summed E-state index contributed by atoms with van der Waals surface area (Å²) in [5.74, 6) is 0.295. The van der Waals surface area contributed by atoms with Crippen LogP contribution in [-0.2, 0) is 27.7 Å². The third-order valence-electron chi connectivity index (χ3n) is 6.00. The molecule has 3 heterocycles. The van der Waals surface area contributed by atoms with Crippen molar-refractivity contribution in [3.05, 3.63) is 52.7 Å². The molecule has 1 aromatic carbocycles. The molecule has 8 heteroatoms. The molecular weight excluding hydrogens is 423 g/mol. The highest BCUT2D eigenvalue weighted by molar-refractivity contribution is 7.91. The van der Waals surface area contributed by atoms with E-state index in [2.05, 4.69) is 0 Å².